The van der Waals surface area contributed by atoms with E-state index in [4.69, 9.17) is 18.9 Å². The molecule has 0 unspecified atom stereocenters. The van der Waals surface area contributed by atoms with E-state index >= 15 is 0 Å². The first-order chi connectivity index (χ1) is 18.4. The number of halogens is 3. The van der Waals surface area contributed by atoms with E-state index < -0.39 is 41.7 Å². The zero-order chi connectivity index (χ0) is 29.2. The Hall–Kier alpha value is -3.93. The highest BCUT2D eigenvalue weighted by Crippen LogP contribution is 2.31. The first-order valence-corrected chi connectivity index (χ1v) is 11.9. The van der Waals surface area contributed by atoms with Crippen LogP contribution in [0, 0.1) is 5.92 Å². The number of carbonyl (C=O) groups excluding carboxylic acids is 3. The van der Waals surface area contributed by atoms with Gasteiger partial charge in [0.1, 0.15) is 0 Å². The molecule has 1 N–H and O–H groups in total. The van der Waals surface area contributed by atoms with E-state index in [1.54, 1.807) is 13.0 Å². The normalized spacial score (nSPS) is 13.5. The lowest BCUT2D eigenvalue weighted by atomic mass is 9.93. The number of pyridine rings is 1. The Morgan fingerprint density at radius 2 is 1.79 bits per heavy atom. The van der Waals surface area contributed by atoms with Crippen molar-refractivity contribution in [3.8, 4) is 11.5 Å². The standard InChI is InChI=1S/C27H31F3N2O7/c1-6-18(14-19-7-9-20(10-8-19)27(28,29)30)13-16(2)38-26(35)21(15-36-4)32-25(34)23-24(39-17(3)33)22(37-5)11-12-31-23/h6-12,16,18,21H,1,13-15H2,2-5H3,(H,32,34)/t16-,18-,21-/m0/s1. The fourth-order valence-corrected chi connectivity index (χ4v) is 3.71. The molecule has 0 aliphatic heterocycles. The highest BCUT2D eigenvalue weighted by atomic mass is 19.4. The molecule has 2 aromatic rings. The maximum Gasteiger partial charge on any atom is 0.416 e. The zero-order valence-corrected chi connectivity index (χ0v) is 22.0. The first kappa shape index (κ1) is 31.3. The highest BCUT2D eigenvalue weighted by molar-refractivity contribution is 5.98. The van der Waals surface area contributed by atoms with Crippen LogP contribution >= 0.6 is 0 Å². The van der Waals surface area contributed by atoms with Crippen molar-refractivity contribution in [3.63, 3.8) is 0 Å². The lowest BCUT2D eigenvalue weighted by molar-refractivity contribution is -0.152. The number of nitrogens with zero attached hydrogens (tertiary/aromatic N) is 1. The first-order valence-electron chi connectivity index (χ1n) is 11.9. The van der Waals surface area contributed by atoms with Gasteiger partial charge in [-0.25, -0.2) is 9.78 Å². The number of esters is 2. The van der Waals surface area contributed by atoms with Gasteiger partial charge in [-0.2, -0.15) is 13.2 Å². The summed E-state index contributed by atoms with van der Waals surface area (Å²) < 4.78 is 59.2. The molecule has 0 aliphatic rings. The summed E-state index contributed by atoms with van der Waals surface area (Å²) in [7, 11) is 2.66. The molecule has 0 radical (unpaired) electrons. The van der Waals surface area contributed by atoms with Crippen molar-refractivity contribution in [2.24, 2.45) is 5.92 Å². The molecule has 0 spiro atoms. The van der Waals surface area contributed by atoms with Gasteiger partial charge in [0.2, 0.25) is 5.75 Å². The third-order valence-corrected chi connectivity index (χ3v) is 5.54. The van der Waals surface area contributed by atoms with E-state index in [9.17, 15) is 27.6 Å². The van der Waals surface area contributed by atoms with Crippen LogP contribution < -0.4 is 14.8 Å². The molecule has 1 aromatic carbocycles. The number of aromatic nitrogens is 1. The van der Waals surface area contributed by atoms with Crippen molar-refractivity contribution in [2.75, 3.05) is 20.8 Å². The molecule has 0 saturated heterocycles. The number of hydrogen-bond acceptors (Lipinski definition) is 8. The van der Waals surface area contributed by atoms with Gasteiger partial charge in [0.25, 0.3) is 5.91 Å². The number of hydrogen-bond donors (Lipinski definition) is 1. The third kappa shape index (κ3) is 9.40. The molecule has 3 atom stereocenters. The number of rotatable bonds is 13. The third-order valence-electron chi connectivity index (χ3n) is 5.54. The zero-order valence-electron chi connectivity index (χ0n) is 22.0. The number of amides is 1. The second-order valence-corrected chi connectivity index (χ2v) is 8.64. The summed E-state index contributed by atoms with van der Waals surface area (Å²) in [5.41, 5.74) is -0.348. The van der Waals surface area contributed by atoms with Gasteiger partial charge in [-0.05, 0) is 43.4 Å². The van der Waals surface area contributed by atoms with E-state index in [2.05, 4.69) is 16.9 Å². The Bertz CT molecular complexity index is 1150. The largest absolute Gasteiger partial charge is 0.493 e. The average Bonchev–Trinajstić information content (AvgIpc) is 2.87. The summed E-state index contributed by atoms with van der Waals surface area (Å²) in [5, 5.41) is 2.47. The predicted molar refractivity (Wildman–Crippen MR) is 134 cm³/mol. The minimum atomic E-state index is -4.42. The van der Waals surface area contributed by atoms with Gasteiger partial charge in [0.15, 0.2) is 17.5 Å². The monoisotopic (exact) mass is 552 g/mol. The molecule has 2 rings (SSSR count). The SMILES string of the molecule is C=C[C@H](Cc1ccc(C(F)(F)F)cc1)C[C@H](C)OC(=O)[C@H](COC)NC(=O)c1nccc(OC)c1OC(C)=O. The second kappa shape index (κ2) is 14.3. The summed E-state index contributed by atoms with van der Waals surface area (Å²) in [5.74, 6) is -2.64. The van der Waals surface area contributed by atoms with Crippen molar-refractivity contribution in [2.45, 2.75) is 45.0 Å². The Morgan fingerprint density at radius 1 is 1.13 bits per heavy atom. The molecule has 0 saturated carbocycles. The fraction of sp³-hybridized carbons (Fsp3) is 0.407. The molecule has 1 heterocycles. The Balaban J connectivity index is 2.06. The van der Waals surface area contributed by atoms with Crippen LogP contribution in [-0.4, -0.2) is 55.8 Å². The van der Waals surface area contributed by atoms with Crippen LogP contribution in [0.3, 0.4) is 0 Å². The second-order valence-electron chi connectivity index (χ2n) is 8.64. The average molecular weight is 553 g/mol. The number of nitrogens with one attached hydrogen (secondary N) is 1. The molecule has 0 aliphatic carbocycles. The molecule has 9 nitrogen and oxygen atoms in total. The van der Waals surface area contributed by atoms with Gasteiger partial charge in [0, 0.05) is 26.3 Å². The van der Waals surface area contributed by atoms with Crippen LogP contribution in [0.15, 0.2) is 49.2 Å². The Morgan fingerprint density at radius 3 is 2.33 bits per heavy atom. The minimum absolute atomic E-state index is 0.0911. The van der Waals surface area contributed by atoms with Crippen LogP contribution in [0.25, 0.3) is 0 Å². The fourth-order valence-electron chi connectivity index (χ4n) is 3.71. The predicted octanol–water partition coefficient (Wildman–Crippen LogP) is 4.15. The van der Waals surface area contributed by atoms with Crippen molar-refractivity contribution in [1.82, 2.24) is 10.3 Å². The topological polar surface area (TPSA) is 113 Å². The summed E-state index contributed by atoms with van der Waals surface area (Å²) in [6.45, 7) is 6.35. The number of ether oxygens (including phenoxy) is 4. The van der Waals surface area contributed by atoms with Crippen LogP contribution in [0.2, 0.25) is 0 Å². The highest BCUT2D eigenvalue weighted by Gasteiger charge is 2.30. The van der Waals surface area contributed by atoms with Crippen LogP contribution in [0.4, 0.5) is 13.2 Å². The van der Waals surface area contributed by atoms with E-state index in [0.29, 0.717) is 18.4 Å². The number of alkyl halides is 3. The maximum absolute atomic E-state index is 12.9. The number of carbonyl (C=O) groups is 3. The molecular formula is C27H31F3N2O7. The van der Waals surface area contributed by atoms with Crippen molar-refractivity contribution in [1.29, 1.82) is 0 Å². The summed E-state index contributed by atoms with van der Waals surface area (Å²) >= 11 is 0. The Kier molecular flexibility index (Phi) is 11.5. The summed E-state index contributed by atoms with van der Waals surface area (Å²) in [4.78, 5) is 41.3. The quantitative estimate of drug-likeness (QED) is 0.291. The maximum atomic E-state index is 12.9. The van der Waals surface area contributed by atoms with Gasteiger partial charge in [-0.1, -0.05) is 18.2 Å². The summed E-state index contributed by atoms with van der Waals surface area (Å²) in [6.07, 6.45) is -1.41. The number of methoxy groups -OCH3 is 2. The van der Waals surface area contributed by atoms with Gasteiger partial charge >= 0.3 is 18.1 Å². The van der Waals surface area contributed by atoms with Crippen molar-refractivity contribution in [3.05, 3.63) is 66.0 Å². The molecule has 0 fully saturated rings. The molecular weight excluding hydrogens is 521 g/mol. The number of allylic oxidation sites excluding steroid dienone is 1. The Labute approximate surface area is 224 Å². The van der Waals surface area contributed by atoms with Crippen molar-refractivity contribution >= 4 is 17.8 Å². The van der Waals surface area contributed by atoms with Gasteiger partial charge in [-0.3, -0.25) is 9.59 Å². The minimum Gasteiger partial charge on any atom is -0.493 e. The molecule has 12 heteroatoms. The number of benzene rings is 1. The van der Waals surface area contributed by atoms with Gasteiger partial charge < -0.3 is 24.3 Å². The molecule has 1 amide bonds. The summed E-state index contributed by atoms with van der Waals surface area (Å²) in [6, 6.07) is 5.01. The van der Waals surface area contributed by atoms with Crippen LogP contribution in [0.1, 0.15) is 41.9 Å². The van der Waals surface area contributed by atoms with E-state index in [0.717, 1.165) is 19.1 Å². The van der Waals surface area contributed by atoms with Crippen LogP contribution in [0.5, 0.6) is 11.5 Å². The molecule has 212 valence electrons. The van der Waals surface area contributed by atoms with Crippen LogP contribution in [-0.2, 0) is 31.7 Å². The molecule has 1 aromatic heterocycles. The molecule has 0 bridgehead atoms. The molecule has 39 heavy (non-hydrogen) atoms. The van der Waals surface area contributed by atoms with Gasteiger partial charge in [-0.15, -0.1) is 6.58 Å². The van der Waals surface area contributed by atoms with E-state index in [-0.39, 0.29) is 29.7 Å². The lowest BCUT2D eigenvalue weighted by Crippen LogP contribution is -2.46. The van der Waals surface area contributed by atoms with E-state index in [1.807, 2.05) is 0 Å². The van der Waals surface area contributed by atoms with Gasteiger partial charge in [0.05, 0.1) is 25.4 Å². The van der Waals surface area contributed by atoms with Crippen molar-refractivity contribution < 1.29 is 46.5 Å². The lowest BCUT2D eigenvalue weighted by Gasteiger charge is -2.22. The van der Waals surface area contributed by atoms with E-state index in [1.165, 1.54) is 38.6 Å². The smallest absolute Gasteiger partial charge is 0.416 e.